The summed E-state index contributed by atoms with van der Waals surface area (Å²) in [5, 5.41) is 11.4. The fourth-order valence-electron chi connectivity index (χ4n) is 3.99. The van der Waals surface area contributed by atoms with Crippen molar-refractivity contribution in [3.05, 3.63) is 35.3 Å². The van der Waals surface area contributed by atoms with Crippen molar-refractivity contribution in [2.75, 3.05) is 42.1 Å². The Balaban J connectivity index is 1.57. The molecule has 4 rings (SSSR count). The molecule has 4 N–H and O–H groups in total. The minimum absolute atomic E-state index is 0.281. The van der Waals surface area contributed by atoms with Gasteiger partial charge >= 0.3 is 0 Å². The van der Waals surface area contributed by atoms with E-state index < -0.39 is 0 Å². The molecule has 1 aliphatic heterocycles. The van der Waals surface area contributed by atoms with E-state index in [1.54, 1.807) is 4.52 Å². The van der Waals surface area contributed by atoms with Crippen LogP contribution in [0.2, 0.25) is 0 Å². The molecular formula is C21H31N9. The van der Waals surface area contributed by atoms with Crippen LogP contribution in [0.5, 0.6) is 0 Å². The number of nitrogens with zero attached hydrogens (tertiary/aromatic N) is 6. The molecular weight excluding hydrogens is 378 g/mol. The molecule has 3 aromatic rings. The lowest BCUT2D eigenvalue weighted by Gasteiger charge is -2.29. The van der Waals surface area contributed by atoms with Gasteiger partial charge in [0.15, 0.2) is 11.5 Å². The number of piperazine rings is 1. The number of rotatable bonds is 7. The third-order valence-corrected chi connectivity index (χ3v) is 5.46. The topological polar surface area (TPSA) is 109 Å². The number of fused-ring (bicyclic) bond motifs is 1. The fourth-order valence-corrected chi connectivity index (χ4v) is 3.99. The largest absolute Gasteiger partial charge is 0.380 e. The molecule has 4 heterocycles. The van der Waals surface area contributed by atoms with E-state index in [4.69, 9.17) is 10.7 Å². The van der Waals surface area contributed by atoms with E-state index in [0.717, 1.165) is 56.1 Å². The summed E-state index contributed by atoms with van der Waals surface area (Å²) < 4.78 is 1.79. The molecule has 1 fully saturated rings. The zero-order valence-electron chi connectivity index (χ0n) is 18.0. The van der Waals surface area contributed by atoms with Gasteiger partial charge in [-0.05, 0) is 31.4 Å². The summed E-state index contributed by atoms with van der Waals surface area (Å²) >= 11 is 0. The van der Waals surface area contributed by atoms with Crippen LogP contribution in [0.3, 0.4) is 0 Å². The van der Waals surface area contributed by atoms with Crippen LogP contribution in [0.1, 0.15) is 43.5 Å². The average Bonchev–Trinajstić information content (AvgIpc) is 3.12. The molecule has 9 nitrogen and oxygen atoms in total. The summed E-state index contributed by atoms with van der Waals surface area (Å²) in [4.78, 5) is 15.9. The van der Waals surface area contributed by atoms with Gasteiger partial charge in [0.1, 0.15) is 5.82 Å². The zero-order chi connectivity index (χ0) is 21.1. The molecule has 0 aromatic carbocycles. The first-order valence-electron chi connectivity index (χ1n) is 10.7. The molecule has 0 amide bonds. The van der Waals surface area contributed by atoms with Gasteiger partial charge in [-0.2, -0.15) is 4.98 Å². The molecule has 0 saturated carbocycles. The third-order valence-electron chi connectivity index (χ3n) is 5.46. The predicted octanol–water partition coefficient (Wildman–Crippen LogP) is 2.01. The Morgan fingerprint density at radius 1 is 1.23 bits per heavy atom. The van der Waals surface area contributed by atoms with Crippen molar-refractivity contribution in [3.8, 4) is 0 Å². The van der Waals surface area contributed by atoms with Gasteiger partial charge in [-0.3, -0.25) is 0 Å². The van der Waals surface area contributed by atoms with E-state index in [0.29, 0.717) is 23.8 Å². The Hall–Kier alpha value is -2.94. The molecule has 1 aliphatic rings. The molecule has 0 radical (unpaired) electrons. The maximum Gasteiger partial charge on any atom is 0.243 e. The highest BCUT2D eigenvalue weighted by Crippen LogP contribution is 2.21. The lowest BCUT2D eigenvalue weighted by molar-refractivity contribution is 0.584. The molecule has 1 unspecified atom stereocenters. The van der Waals surface area contributed by atoms with Crippen LogP contribution in [-0.4, -0.2) is 56.8 Å². The Labute approximate surface area is 177 Å². The number of hydrogen-bond donors (Lipinski definition) is 3. The number of pyridine rings is 1. The second-order valence-electron chi connectivity index (χ2n) is 8.04. The molecule has 0 bridgehead atoms. The summed E-state index contributed by atoms with van der Waals surface area (Å²) in [6.07, 6.45) is 6.59. The van der Waals surface area contributed by atoms with Crippen LogP contribution in [0.25, 0.3) is 5.65 Å². The first-order valence-corrected chi connectivity index (χ1v) is 10.7. The van der Waals surface area contributed by atoms with Gasteiger partial charge in [-0.25, -0.2) is 14.5 Å². The van der Waals surface area contributed by atoms with Crippen LogP contribution < -0.4 is 21.3 Å². The summed E-state index contributed by atoms with van der Waals surface area (Å²) in [6.45, 7) is 10.4. The smallest absolute Gasteiger partial charge is 0.243 e. The van der Waals surface area contributed by atoms with E-state index in [1.165, 1.54) is 5.56 Å². The monoisotopic (exact) mass is 409 g/mol. The van der Waals surface area contributed by atoms with Gasteiger partial charge in [-0.1, -0.05) is 19.4 Å². The van der Waals surface area contributed by atoms with Crippen molar-refractivity contribution in [2.24, 2.45) is 0 Å². The lowest BCUT2D eigenvalue weighted by Crippen LogP contribution is -2.44. The van der Waals surface area contributed by atoms with Crippen LogP contribution in [0.15, 0.2) is 18.5 Å². The minimum atomic E-state index is 0.281. The highest BCUT2D eigenvalue weighted by molar-refractivity contribution is 5.61. The number of nitrogen functional groups attached to an aromatic ring is 1. The SMILES string of the molecule is CCCC(C)Nc1nc(N)c2ncc(Cc3cnc(N4CCNCC4)c(C)c3)n2n1. The fraction of sp³-hybridized carbons (Fsp3) is 0.524. The summed E-state index contributed by atoms with van der Waals surface area (Å²) in [6, 6.07) is 2.49. The highest BCUT2D eigenvalue weighted by Gasteiger charge is 2.16. The van der Waals surface area contributed by atoms with Crippen molar-refractivity contribution in [3.63, 3.8) is 0 Å². The van der Waals surface area contributed by atoms with Gasteiger partial charge in [0.05, 0.1) is 11.9 Å². The molecule has 0 spiro atoms. The number of nitrogens with two attached hydrogens (primary N) is 1. The Morgan fingerprint density at radius 2 is 2.03 bits per heavy atom. The maximum atomic E-state index is 6.14. The first-order chi connectivity index (χ1) is 14.5. The van der Waals surface area contributed by atoms with Crippen molar-refractivity contribution < 1.29 is 0 Å². The molecule has 1 atom stereocenters. The van der Waals surface area contributed by atoms with Crippen molar-refractivity contribution >= 4 is 23.2 Å². The van der Waals surface area contributed by atoms with Crippen molar-refractivity contribution in [1.29, 1.82) is 0 Å². The van der Waals surface area contributed by atoms with Gasteiger partial charge in [0, 0.05) is 44.8 Å². The molecule has 3 aromatic heterocycles. The molecule has 0 aliphatic carbocycles. The molecule has 9 heteroatoms. The maximum absolute atomic E-state index is 6.14. The second kappa shape index (κ2) is 8.83. The number of aromatic nitrogens is 5. The Kier molecular flexibility index (Phi) is 5.98. The molecule has 1 saturated heterocycles. The summed E-state index contributed by atoms with van der Waals surface area (Å²) in [5.74, 6) is 1.98. The van der Waals surface area contributed by atoms with E-state index in [9.17, 15) is 0 Å². The number of hydrogen-bond acceptors (Lipinski definition) is 8. The van der Waals surface area contributed by atoms with Crippen LogP contribution >= 0.6 is 0 Å². The normalized spacial score (nSPS) is 15.5. The molecule has 160 valence electrons. The third kappa shape index (κ3) is 4.30. The molecule has 30 heavy (non-hydrogen) atoms. The average molecular weight is 410 g/mol. The Bertz CT molecular complexity index is 1010. The first kappa shape index (κ1) is 20.3. The van der Waals surface area contributed by atoms with Crippen molar-refractivity contribution in [1.82, 2.24) is 29.9 Å². The van der Waals surface area contributed by atoms with E-state index >= 15 is 0 Å². The number of imidazole rings is 1. The van der Waals surface area contributed by atoms with E-state index in [2.05, 4.69) is 57.4 Å². The summed E-state index contributed by atoms with van der Waals surface area (Å²) in [7, 11) is 0. The van der Waals surface area contributed by atoms with Gasteiger partial charge < -0.3 is 21.3 Å². The standard InChI is InChI=1S/C21H31N9/c1-4-5-15(3)26-21-27-18(22)20-25-13-17(30(20)28-21)11-16-10-14(2)19(24-12-16)29-8-6-23-7-9-29/h10,12-13,15,23H,4-9,11H2,1-3H3,(H3,22,26,27,28). The van der Waals surface area contributed by atoms with E-state index in [1.807, 2.05) is 12.4 Å². The minimum Gasteiger partial charge on any atom is -0.380 e. The highest BCUT2D eigenvalue weighted by atomic mass is 15.3. The predicted molar refractivity (Wildman–Crippen MR) is 120 cm³/mol. The van der Waals surface area contributed by atoms with Gasteiger partial charge in [-0.15, -0.1) is 5.10 Å². The quantitative estimate of drug-likeness (QED) is 0.544. The van der Waals surface area contributed by atoms with E-state index in [-0.39, 0.29) is 6.04 Å². The second-order valence-corrected chi connectivity index (χ2v) is 8.04. The summed E-state index contributed by atoms with van der Waals surface area (Å²) in [5.41, 5.74) is 10.00. The number of nitrogens with one attached hydrogen (secondary N) is 2. The van der Waals surface area contributed by atoms with Crippen LogP contribution in [0, 0.1) is 6.92 Å². The Morgan fingerprint density at radius 3 is 2.77 bits per heavy atom. The van der Waals surface area contributed by atoms with Crippen LogP contribution in [0.4, 0.5) is 17.6 Å². The van der Waals surface area contributed by atoms with Crippen LogP contribution in [-0.2, 0) is 6.42 Å². The van der Waals surface area contributed by atoms with Gasteiger partial charge in [0.25, 0.3) is 0 Å². The zero-order valence-corrected chi connectivity index (χ0v) is 18.0. The van der Waals surface area contributed by atoms with Gasteiger partial charge in [0.2, 0.25) is 5.95 Å². The number of aryl methyl sites for hydroxylation is 1. The lowest BCUT2D eigenvalue weighted by atomic mass is 10.1. The number of anilines is 3. The van der Waals surface area contributed by atoms with Crippen molar-refractivity contribution in [2.45, 2.75) is 46.1 Å².